The maximum Gasteiger partial charge on any atom is 0.279 e. The number of hydrogen-bond acceptors (Lipinski definition) is 1. The van der Waals surface area contributed by atoms with Gasteiger partial charge in [-0.2, -0.15) is 0 Å². The topological polar surface area (TPSA) is 38.0 Å². The molecule has 4 nitrogen and oxygen atoms in total. The first-order valence-corrected chi connectivity index (χ1v) is 8.27. The molecule has 120 valence electrons. The lowest BCUT2D eigenvalue weighted by molar-refractivity contribution is -1.01. The molecule has 2 rings (SSSR count). The van der Waals surface area contributed by atoms with Crippen LogP contribution in [0.15, 0.2) is 36.4 Å². The van der Waals surface area contributed by atoms with Gasteiger partial charge in [-0.05, 0) is 30.5 Å². The van der Waals surface area contributed by atoms with Gasteiger partial charge in [0.2, 0.25) is 0 Å². The lowest BCUT2D eigenvalue weighted by Crippen LogP contribution is -3.28. The van der Waals surface area contributed by atoms with E-state index in [0.29, 0.717) is 6.54 Å². The van der Waals surface area contributed by atoms with Crippen molar-refractivity contribution in [2.24, 2.45) is 0 Å². The van der Waals surface area contributed by atoms with E-state index in [-0.39, 0.29) is 5.91 Å². The fourth-order valence-electron chi connectivity index (χ4n) is 3.11. The molecule has 0 aliphatic carbocycles. The van der Waals surface area contributed by atoms with Crippen LogP contribution in [0.3, 0.4) is 0 Å². The van der Waals surface area contributed by atoms with Gasteiger partial charge in [0, 0.05) is 5.69 Å². The normalized spacial score (nSPS) is 21.4. The van der Waals surface area contributed by atoms with Crippen molar-refractivity contribution in [2.45, 2.75) is 20.3 Å². The molecule has 1 heterocycles. The molecule has 0 atom stereocenters. The van der Waals surface area contributed by atoms with Crippen molar-refractivity contribution >= 4 is 11.6 Å². The fraction of sp³-hybridized carbons (Fsp3) is 0.500. The summed E-state index contributed by atoms with van der Waals surface area (Å²) < 4.78 is 0. The summed E-state index contributed by atoms with van der Waals surface area (Å²) in [6.07, 6.45) is 0.937. The van der Waals surface area contributed by atoms with Crippen LogP contribution >= 0.6 is 0 Å². The van der Waals surface area contributed by atoms with E-state index in [1.54, 1.807) is 4.90 Å². The van der Waals surface area contributed by atoms with Crippen molar-refractivity contribution in [1.29, 1.82) is 0 Å². The third kappa shape index (κ3) is 4.97. The zero-order chi connectivity index (χ0) is 15.9. The molecule has 1 aliphatic heterocycles. The van der Waals surface area contributed by atoms with E-state index in [0.717, 1.165) is 44.8 Å². The summed E-state index contributed by atoms with van der Waals surface area (Å²) in [7, 11) is 0. The predicted molar refractivity (Wildman–Crippen MR) is 90.4 cm³/mol. The molecule has 0 bridgehead atoms. The number of nitrogens with one attached hydrogen (secondary N) is 3. The smallest absolute Gasteiger partial charge is 0.279 e. The second-order valence-corrected chi connectivity index (χ2v) is 6.37. The third-order valence-electron chi connectivity index (χ3n) is 4.30. The zero-order valence-corrected chi connectivity index (χ0v) is 13.9. The molecule has 0 spiro atoms. The monoisotopic (exact) mass is 303 g/mol. The highest BCUT2D eigenvalue weighted by Crippen LogP contribution is 2.14. The third-order valence-corrected chi connectivity index (χ3v) is 4.30. The number of quaternary nitrogens is 2. The minimum Gasteiger partial charge on any atom is -0.322 e. The number of benzene rings is 1. The highest BCUT2D eigenvalue weighted by Gasteiger charge is 2.24. The lowest BCUT2D eigenvalue weighted by atomic mass is 10.1. The summed E-state index contributed by atoms with van der Waals surface area (Å²) in [5.41, 5.74) is 3.40. The van der Waals surface area contributed by atoms with E-state index in [4.69, 9.17) is 0 Å². The van der Waals surface area contributed by atoms with Gasteiger partial charge in [-0.1, -0.05) is 31.7 Å². The van der Waals surface area contributed by atoms with Gasteiger partial charge in [0.1, 0.15) is 26.2 Å². The Morgan fingerprint density at radius 1 is 1.14 bits per heavy atom. The van der Waals surface area contributed by atoms with Crippen molar-refractivity contribution in [1.82, 2.24) is 0 Å². The Balaban J connectivity index is 1.80. The molecular formula is C18H29N3O+2. The SMILES string of the molecule is C=C(C)C[NH+]1CC[NH+](CC(=O)Nc2ccccc2CC)CC1. The minimum absolute atomic E-state index is 0.124. The number of anilines is 1. The first kappa shape index (κ1) is 16.7. The number of rotatable bonds is 6. The minimum atomic E-state index is 0.124. The van der Waals surface area contributed by atoms with Crippen LogP contribution in [-0.2, 0) is 11.2 Å². The Morgan fingerprint density at radius 2 is 1.73 bits per heavy atom. The zero-order valence-electron chi connectivity index (χ0n) is 13.9. The second kappa shape index (κ2) is 8.11. The summed E-state index contributed by atoms with van der Waals surface area (Å²) in [6.45, 7) is 14.2. The van der Waals surface area contributed by atoms with Crippen molar-refractivity contribution in [3.8, 4) is 0 Å². The van der Waals surface area contributed by atoms with Crippen LogP contribution in [0.4, 0.5) is 5.69 Å². The molecule has 1 fully saturated rings. The van der Waals surface area contributed by atoms with Crippen LogP contribution in [0, 0.1) is 0 Å². The molecule has 1 saturated heterocycles. The molecule has 4 heteroatoms. The standard InChI is InChI=1S/C18H27N3O/c1-4-16-7-5-6-8-17(16)19-18(22)14-21-11-9-20(10-12-21)13-15(2)3/h5-8H,2,4,9-14H2,1,3H3,(H,19,22)/p+2. The number of hydrogen-bond donors (Lipinski definition) is 3. The van der Waals surface area contributed by atoms with Crippen LogP contribution < -0.4 is 15.1 Å². The summed E-state index contributed by atoms with van der Waals surface area (Å²) >= 11 is 0. The van der Waals surface area contributed by atoms with E-state index < -0.39 is 0 Å². The van der Waals surface area contributed by atoms with Crippen LogP contribution in [0.5, 0.6) is 0 Å². The number of aryl methyl sites for hydroxylation is 1. The quantitative estimate of drug-likeness (QED) is 0.612. The summed E-state index contributed by atoms with van der Waals surface area (Å²) in [6, 6.07) is 8.05. The molecule has 1 amide bonds. The molecule has 0 aromatic heterocycles. The molecule has 0 unspecified atom stereocenters. The number of carbonyl (C=O) groups excluding carboxylic acids is 1. The van der Waals surface area contributed by atoms with E-state index >= 15 is 0 Å². The van der Waals surface area contributed by atoms with Crippen molar-refractivity contribution < 1.29 is 14.6 Å². The molecule has 1 aromatic carbocycles. The Kier molecular flexibility index (Phi) is 6.16. The van der Waals surface area contributed by atoms with Gasteiger partial charge in [-0.25, -0.2) is 0 Å². The molecule has 1 aliphatic rings. The summed E-state index contributed by atoms with van der Waals surface area (Å²) in [5.74, 6) is 0.124. The van der Waals surface area contributed by atoms with Gasteiger partial charge in [0.05, 0.1) is 6.54 Å². The van der Waals surface area contributed by atoms with E-state index in [1.807, 2.05) is 18.2 Å². The first-order chi connectivity index (χ1) is 10.6. The molecular weight excluding hydrogens is 274 g/mol. The molecule has 1 aromatic rings. The van der Waals surface area contributed by atoms with Crippen LogP contribution in [0.2, 0.25) is 0 Å². The summed E-state index contributed by atoms with van der Waals surface area (Å²) in [5, 5.41) is 3.07. The van der Waals surface area contributed by atoms with Crippen molar-refractivity contribution in [3.05, 3.63) is 42.0 Å². The molecule has 0 saturated carbocycles. The Morgan fingerprint density at radius 3 is 2.32 bits per heavy atom. The maximum atomic E-state index is 12.3. The second-order valence-electron chi connectivity index (χ2n) is 6.37. The van der Waals surface area contributed by atoms with Gasteiger partial charge in [-0.3, -0.25) is 4.79 Å². The van der Waals surface area contributed by atoms with E-state index in [2.05, 4.69) is 31.8 Å². The largest absolute Gasteiger partial charge is 0.322 e. The van der Waals surface area contributed by atoms with E-state index in [1.165, 1.54) is 16.0 Å². The summed E-state index contributed by atoms with van der Waals surface area (Å²) in [4.78, 5) is 15.2. The van der Waals surface area contributed by atoms with Crippen LogP contribution in [0.25, 0.3) is 0 Å². The average Bonchev–Trinajstić information content (AvgIpc) is 2.49. The Hall–Kier alpha value is -1.65. The van der Waals surface area contributed by atoms with Gasteiger partial charge in [-0.15, -0.1) is 0 Å². The number of carbonyl (C=O) groups is 1. The van der Waals surface area contributed by atoms with Gasteiger partial charge >= 0.3 is 0 Å². The molecule has 3 N–H and O–H groups in total. The fourth-order valence-corrected chi connectivity index (χ4v) is 3.11. The predicted octanol–water partition coefficient (Wildman–Crippen LogP) is -0.453. The van der Waals surface area contributed by atoms with Gasteiger partial charge < -0.3 is 15.1 Å². The van der Waals surface area contributed by atoms with Crippen LogP contribution in [-0.4, -0.2) is 45.2 Å². The molecule has 22 heavy (non-hydrogen) atoms. The van der Waals surface area contributed by atoms with Crippen LogP contribution in [0.1, 0.15) is 19.4 Å². The highest BCUT2D eigenvalue weighted by atomic mass is 16.2. The maximum absolute atomic E-state index is 12.3. The highest BCUT2D eigenvalue weighted by molar-refractivity contribution is 5.92. The Labute approximate surface area is 133 Å². The molecule has 0 radical (unpaired) electrons. The number of para-hydroxylation sites is 1. The number of amides is 1. The van der Waals surface area contributed by atoms with E-state index in [9.17, 15) is 4.79 Å². The van der Waals surface area contributed by atoms with Gasteiger partial charge in [0.15, 0.2) is 6.54 Å². The number of piperazine rings is 1. The van der Waals surface area contributed by atoms with Crippen molar-refractivity contribution in [2.75, 3.05) is 44.6 Å². The Bertz CT molecular complexity index is 519. The average molecular weight is 303 g/mol. The lowest BCUT2D eigenvalue weighted by Gasteiger charge is -2.29. The van der Waals surface area contributed by atoms with Gasteiger partial charge in [0.25, 0.3) is 5.91 Å². The van der Waals surface area contributed by atoms with Crippen molar-refractivity contribution in [3.63, 3.8) is 0 Å². The first-order valence-electron chi connectivity index (χ1n) is 8.27.